The lowest BCUT2D eigenvalue weighted by Crippen LogP contribution is -2.27. The number of para-hydroxylation sites is 1. The van der Waals surface area contributed by atoms with Gasteiger partial charge in [-0.2, -0.15) is 5.10 Å². The molecule has 1 aliphatic heterocycles. The van der Waals surface area contributed by atoms with Crippen LogP contribution in [0.2, 0.25) is 0 Å². The first kappa shape index (κ1) is 22.8. The molecule has 0 saturated carbocycles. The summed E-state index contributed by atoms with van der Waals surface area (Å²) in [5.74, 6) is 0.392. The zero-order valence-electron chi connectivity index (χ0n) is 19.9. The van der Waals surface area contributed by atoms with Crippen LogP contribution in [-0.4, -0.2) is 28.0 Å². The number of fused-ring (bicyclic) bond motifs is 1. The summed E-state index contributed by atoms with van der Waals surface area (Å²) in [4.78, 5) is 28.2. The third-order valence-electron chi connectivity index (χ3n) is 6.21. The summed E-state index contributed by atoms with van der Waals surface area (Å²) >= 11 is 0.937. The fraction of sp³-hybridized carbons (Fsp3) is 0.0333. The van der Waals surface area contributed by atoms with Crippen molar-refractivity contribution in [3.05, 3.63) is 114 Å². The predicted molar refractivity (Wildman–Crippen MR) is 148 cm³/mol. The van der Waals surface area contributed by atoms with Gasteiger partial charge in [0.2, 0.25) is 0 Å². The van der Waals surface area contributed by atoms with Gasteiger partial charge in [0.25, 0.3) is 11.1 Å². The van der Waals surface area contributed by atoms with Gasteiger partial charge in [-0.15, -0.1) is 0 Å². The molecule has 37 heavy (non-hydrogen) atoms. The highest BCUT2D eigenvalue weighted by Gasteiger charge is 2.37. The van der Waals surface area contributed by atoms with Crippen LogP contribution in [0.4, 0.5) is 10.5 Å². The van der Waals surface area contributed by atoms with Gasteiger partial charge in [0, 0.05) is 22.7 Å². The minimum absolute atomic E-state index is 0.325. The van der Waals surface area contributed by atoms with Crippen molar-refractivity contribution in [2.24, 2.45) is 0 Å². The average Bonchev–Trinajstić information content (AvgIpc) is 3.49. The second kappa shape index (κ2) is 9.44. The van der Waals surface area contributed by atoms with Crippen LogP contribution in [0.1, 0.15) is 5.56 Å². The third kappa shape index (κ3) is 4.19. The Hall–Kier alpha value is -4.62. The quantitative estimate of drug-likeness (QED) is 0.243. The van der Waals surface area contributed by atoms with E-state index in [1.165, 1.54) is 4.90 Å². The molecule has 0 aliphatic carbocycles. The largest absolute Gasteiger partial charge is 0.497 e. The summed E-state index contributed by atoms with van der Waals surface area (Å²) in [6.07, 6.45) is 3.63. The van der Waals surface area contributed by atoms with E-state index in [2.05, 4.69) is 0 Å². The average molecular weight is 504 g/mol. The molecule has 6 rings (SSSR count). The van der Waals surface area contributed by atoms with Gasteiger partial charge in [0.1, 0.15) is 5.75 Å². The van der Waals surface area contributed by atoms with Crippen LogP contribution in [-0.2, 0) is 4.79 Å². The van der Waals surface area contributed by atoms with E-state index in [9.17, 15) is 9.59 Å². The maximum absolute atomic E-state index is 13.5. The summed E-state index contributed by atoms with van der Waals surface area (Å²) < 4.78 is 7.08. The van der Waals surface area contributed by atoms with Crippen molar-refractivity contribution in [3.8, 4) is 22.7 Å². The number of imide groups is 1. The van der Waals surface area contributed by atoms with Crippen LogP contribution >= 0.6 is 11.8 Å². The molecule has 0 N–H and O–H groups in total. The highest BCUT2D eigenvalue weighted by atomic mass is 32.2. The molecule has 1 fully saturated rings. The normalized spacial score (nSPS) is 14.6. The Kier molecular flexibility index (Phi) is 5.82. The van der Waals surface area contributed by atoms with Gasteiger partial charge in [-0.3, -0.25) is 9.59 Å². The van der Waals surface area contributed by atoms with E-state index in [0.717, 1.165) is 45.1 Å². The van der Waals surface area contributed by atoms with Gasteiger partial charge in [0.05, 0.1) is 29.1 Å². The van der Waals surface area contributed by atoms with Gasteiger partial charge < -0.3 is 4.74 Å². The smallest absolute Gasteiger partial charge is 0.298 e. The van der Waals surface area contributed by atoms with Crippen molar-refractivity contribution in [3.63, 3.8) is 0 Å². The van der Waals surface area contributed by atoms with Crippen molar-refractivity contribution in [2.75, 3.05) is 12.0 Å². The van der Waals surface area contributed by atoms with Crippen LogP contribution in [0.5, 0.6) is 5.75 Å². The molecule has 180 valence electrons. The molecule has 1 aliphatic rings. The topological polar surface area (TPSA) is 64.4 Å². The van der Waals surface area contributed by atoms with Gasteiger partial charge >= 0.3 is 0 Å². The fourth-order valence-electron chi connectivity index (χ4n) is 4.40. The number of carbonyl (C=O) groups is 2. The Morgan fingerprint density at radius 2 is 1.57 bits per heavy atom. The number of hydrogen-bond acceptors (Lipinski definition) is 5. The fourth-order valence-corrected chi connectivity index (χ4v) is 5.22. The number of rotatable bonds is 5. The molecule has 2 heterocycles. The Balaban J connectivity index is 1.43. The monoisotopic (exact) mass is 503 g/mol. The van der Waals surface area contributed by atoms with E-state index in [1.54, 1.807) is 23.9 Å². The Morgan fingerprint density at radius 1 is 0.838 bits per heavy atom. The molecular formula is C30H21N3O3S. The van der Waals surface area contributed by atoms with Crippen molar-refractivity contribution in [1.29, 1.82) is 0 Å². The Morgan fingerprint density at radius 3 is 2.35 bits per heavy atom. The SMILES string of the molecule is COc1ccc(-c2nn(-c3ccccc3)cc2/C=C2\SC(=O)N(c3cccc4ccccc34)C2=O)cc1. The van der Waals surface area contributed by atoms with E-state index in [-0.39, 0.29) is 11.1 Å². The number of methoxy groups -OCH3 is 1. The number of carbonyl (C=O) groups excluding carboxylic acids is 2. The van der Waals surface area contributed by atoms with Crippen LogP contribution in [0.3, 0.4) is 0 Å². The lowest BCUT2D eigenvalue weighted by atomic mass is 10.1. The number of ether oxygens (including phenoxy) is 1. The van der Waals surface area contributed by atoms with E-state index < -0.39 is 0 Å². The maximum atomic E-state index is 13.5. The van der Waals surface area contributed by atoms with Gasteiger partial charge in [-0.25, -0.2) is 9.58 Å². The molecule has 0 unspecified atom stereocenters. The molecule has 1 saturated heterocycles. The lowest BCUT2D eigenvalue weighted by molar-refractivity contribution is -0.113. The van der Waals surface area contributed by atoms with Crippen LogP contribution < -0.4 is 9.64 Å². The second-order valence-corrected chi connectivity index (χ2v) is 9.45. The minimum atomic E-state index is -0.348. The number of amides is 2. The molecule has 1 aromatic heterocycles. The Bertz CT molecular complexity index is 1670. The van der Waals surface area contributed by atoms with E-state index in [0.29, 0.717) is 16.3 Å². The molecule has 5 aromatic rings. The van der Waals surface area contributed by atoms with Crippen molar-refractivity contribution >= 4 is 45.4 Å². The van der Waals surface area contributed by atoms with Crippen LogP contribution in [0.15, 0.2) is 108 Å². The number of benzene rings is 4. The molecule has 4 aromatic carbocycles. The number of nitrogens with zero attached hydrogens (tertiary/aromatic N) is 3. The highest BCUT2D eigenvalue weighted by molar-refractivity contribution is 8.19. The number of thioether (sulfide) groups is 1. The molecule has 0 atom stereocenters. The summed E-state index contributed by atoms with van der Waals surface area (Å²) in [7, 11) is 1.62. The summed E-state index contributed by atoms with van der Waals surface area (Å²) in [5, 5.41) is 6.32. The second-order valence-electron chi connectivity index (χ2n) is 8.46. The van der Waals surface area contributed by atoms with Gasteiger partial charge in [-0.1, -0.05) is 54.6 Å². The molecule has 2 amide bonds. The summed E-state index contributed by atoms with van der Waals surface area (Å²) in [6, 6.07) is 30.7. The summed E-state index contributed by atoms with van der Waals surface area (Å²) in [6.45, 7) is 0. The van der Waals surface area contributed by atoms with E-state index in [4.69, 9.17) is 9.84 Å². The van der Waals surface area contributed by atoms with Crippen LogP contribution in [0.25, 0.3) is 33.8 Å². The van der Waals surface area contributed by atoms with Gasteiger partial charge in [0.15, 0.2) is 0 Å². The first-order chi connectivity index (χ1) is 18.1. The first-order valence-electron chi connectivity index (χ1n) is 11.7. The minimum Gasteiger partial charge on any atom is -0.497 e. The number of anilines is 1. The zero-order valence-corrected chi connectivity index (χ0v) is 20.7. The molecule has 0 bridgehead atoms. The van der Waals surface area contributed by atoms with Crippen LogP contribution in [0, 0.1) is 0 Å². The first-order valence-corrected chi connectivity index (χ1v) is 12.5. The molecular weight excluding hydrogens is 482 g/mol. The maximum Gasteiger partial charge on any atom is 0.298 e. The van der Waals surface area contributed by atoms with E-state index in [1.807, 2.05) is 97.2 Å². The highest BCUT2D eigenvalue weighted by Crippen LogP contribution is 2.39. The van der Waals surface area contributed by atoms with Crippen molar-refractivity contribution in [1.82, 2.24) is 9.78 Å². The zero-order chi connectivity index (χ0) is 25.4. The summed E-state index contributed by atoms with van der Waals surface area (Å²) in [5.41, 5.74) is 3.77. The number of aromatic nitrogens is 2. The molecule has 0 radical (unpaired) electrons. The van der Waals surface area contributed by atoms with Gasteiger partial charge in [-0.05, 0) is 65.7 Å². The third-order valence-corrected chi connectivity index (χ3v) is 7.08. The van der Waals surface area contributed by atoms with E-state index >= 15 is 0 Å². The van der Waals surface area contributed by atoms with Crippen molar-refractivity contribution < 1.29 is 14.3 Å². The standard InChI is InChI=1S/C30H21N3O3S/c1-36-24-16-14-21(15-17-24)28-22(19-32(31-28)23-10-3-2-4-11-23)18-27-29(34)33(30(35)37-27)26-13-7-9-20-8-5-6-12-25(20)26/h2-19H,1H3/b27-18-. The predicted octanol–water partition coefficient (Wildman–Crippen LogP) is 6.94. The Labute approximate surface area is 217 Å². The molecule has 7 heteroatoms. The van der Waals surface area contributed by atoms with Crippen molar-refractivity contribution in [2.45, 2.75) is 0 Å². The lowest BCUT2D eigenvalue weighted by Gasteiger charge is -2.15. The number of hydrogen-bond donors (Lipinski definition) is 0. The molecule has 0 spiro atoms. The molecule has 6 nitrogen and oxygen atoms in total.